The quantitative estimate of drug-likeness (QED) is 0.176. The van der Waals surface area contributed by atoms with E-state index >= 15 is 0 Å². The fourth-order valence-corrected chi connectivity index (χ4v) is 14.7. The first-order valence-corrected chi connectivity index (χ1v) is 23.5. The number of fused-ring (bicyclic) bond motifs is 9. The predicted molar refractivity (Wildman–Crippen MR) is 245 cm³/mol. The highest BCUT2D eigenvalue weighted by molar-refractivity contribution is 8.00. The van der Waals surface area contributed by atoms with Gasteiger partial charge in [-0.15, -0.1) is 11.8 Å². The maximum atomic E-state index is 7.29. The predicted octanol–water partition coefficient (Wildman–Crippen LogP) is 14.0. The summed E-state index contributed by atoms with van der Waals surface area (Å²) >= 11 is 2.11. The molecule has 6 aromatic carbocycles. The molecular weight excluding hydrogens is 767 g/mol. The van der Waals surface area contributed by atoms with E-state index in [1.165, 1.54) is 90.7 Å². The third-order valence-electron chi connectivity index (χ3n) is 15.7. The van der Waals surface area contributed by atoms with E-state index in [0.717, 1.165) is 67.4 Å². The van der Waals surface area contributed by atoms with E-state index in [1.807, 2.05) is 18.2 Å². The van der Waals surface area contributed by atoms with Crippen molar-refractivity contribution in [3.05, 3.63) is 139 Å². The van der Waals surface area contributed by atoms with Gasteiger partial charge >= 0.3 is 0 Å². The van der Waals surface area contributed by atoms with Gasteiger partial charge in [-0.05, 0) is 133 Å². The summed E-state index contributed by atoms with van der Waals surface area (Å²) in [4.78, 5) is 17.1. The summed E-state index contributed by atoms with van der Waals surface area (Å²) in [7, 11) is 0. The zero-order valence-electron chi connectivity index (χ0n) is 34.0. The van der Waals surface area contributed by atoms with Gasteiger partial charge in [0.05, 0.1) is 4.90 Å². The Bertz CT molecular complexity index is 3050. The Kier molecular flexibility index (Phi) is 7.53. The second kappa shape index (κ2) is 13.1. The maximum absolute atomic E-state index is 7.29. The van der Waals surface area contributed by atoms with Gasteiger partial charge in [-0.3, -0.25) is 0 Å². The summed E-state index contributed by atoms with van der Waals surface area (Å²) in [6.07, 6.45) is 12.1. The molecule has 5 fully saturated rings. The Morgan fingerprint density at radius 1 is 0.525 bits per heavy atom. The zero-order chi connectivity index (χ0) is 39.8. The van der Waals surface area contributed by atoms with Gasteiger partial charge in [-0.1, -0.05) is 103 Å². The first-order valence-electron chi connectivity index (χ1n) is 22.6. The Morgan fingerprint density at radius 2 is 1.16 bits per heavy atom. The Morgan fingerprint density at radius 3 is 1.97 bits per heavy atom. The highest BCUT2D eigenvalue weighted by Gasteiger charge is 2.63. The Labute approximate surface area is 360 Å². The van der Waals surface area contributed by atoms with Crippen molar-refractivity contribution in [1.29, 1.82) is 0 Å². The van der Waals surface area contributed by atoms with Crippen molar-refractivity contribution in [3.63, 3.8) is 0 Å². The fourth-order valence-electron chi connectivity index (χ4n) is 13.3. The number of hydrogen-bond donors (Lipinski definition) is 0. The molecule has 2 atom stereocenters. The molecule has 8 aromatic rings. The first-order chi connectivity index (χ1) is 30.1. The number of nitrogens with zero attached hydrogens (tertiary/aromatic N) is 3. The molecule has 0 N–H and O–H groups in total. The van der Waals surface area contributed by atoms with Crippen LogP contribution in [0.1, 0.15) is 68.9 Å². The molecule has 1 spiro atoms. The van der Waals surface area contributed by atoms with Crippen molar-refractivity contribution in [2.24, 2.45) is 23.7 Å². The monoisotopic (exact) mass is 811 g/mol. The number of hydrogen-bond acceptors (Lipinski definition) is 6. The second-order valence-electron chi connectivity index (χ2n) is 18.9. The molecular formula is C55H45N3O2S. The van der Waals surface area contributed by atoms with Gasteiger partial charge in [0, 0.05) is 43.7 Å². The van der Waals surface area contributed by atoms with E-state index in [2.05, 4.69) is 121 Å². The van der Waals surface area contributed by atoms with Crippen LogP contribution in [0.3, 0.4) is 0 Å². The average Bonchev–Trinajstić information content (AvgIpc) is 3.83. The molecule has 15 rings (SSSR count). The van der Waals surface area contributed by atoms with Crippen molar-refractivity contribution < 1.29 is 9.15 Å². The molecule has 7 aliphatic rings. The molecule has 5 nitrogen and oxygen atoms in total. The van der Waals surface area contributed by atoms with Crippen LogP contribution in [0.15, 0.2) is 137 Å². The third-order valence-corrected chi connectivity index (χ3v) is 17.1. The molecule has 298 valence electrons. The highest BCUT2D eigenvalue weighted by atomic mass is 32.2. The number of para-hydroxylation sites is 1. The van der Waals surface area contributed by atoms with Crippen LogP contribution in [0, 0.1) is 23.7 Å². The van der Waals surface area contributed by atoms with E-state index < -0.39 is 0 Å². The normalized spacial score (nSPS) is 26.6. The topological polar surface area (TPSA) is 61.0 Å². The largest absolute Gasteiger partial charge is 0.488 e. The van der Waals surface area contributed by atoms with E-state index in [9.17, 15) is 0 Å². The van der Waals surface area contributed by atoms with Crippen LogP contribution >= 0.6 is 11.8 Å². The highest BCUT2D eigenvalue weighted by Crippen LogP contribution is 2.72. The molecule has 2 unspecified atom stereocenters. The third kappa shape index (κ3) is 5.18. The molecule has 0 amide bonds. The standard InChI is InChI=1S/C55H45N3O2S/c1-2-8-34(9-3-1)52-56-53(35-16-14-33(15-17-35)36-18-21-42-41-10-4-5-11-45(41)59-47(42)30-36)58-54(57-52)37-19-20-40-43-22-23-49-51(60-46-12-6-7-13-48(46)61-49)50(43)55(44(40)29-37)38-25-31-24-32(27-38)28-39(55)26-31/h1-5,8-11,14-23,29-32,38-39,46,48H,6-7,12-13,24-28H2. The van der Waals surface area contributed by atoms with Gasteiger partial charge in [0.15, 0.2) is 17.5 Å². The van der Waals surface area contributed by atoms with E-state index in [1.54, 1.807) is 0 Å². The smallest absolute Gasteiger partial charge is 0.164 e. The van der Waals surface area contributed by atoms with Crippen LogP contribution < -0.4 is 4.74 Å². The van der Waals surface area contributed by atoms with Crippen molar-refractivity contribution in [2.45, 2.75) is 79.5 Å². The molecule has 6 heteroatoms. The molecule has 3 heterocycles. The van der Waals surface area contributed by atoms with Crippen LogP contribution in [0.4, 0.5) is 0 Å². The summed E-state index contributed by atoms with van der Waals surface area (Å²) in [5.74, 6) is 6.30. The number of thioether (sulfide) groups is 1. The summed E-state index contributed by atoms with van der Waals surface area (Å²) in [6.45, 7) is 0. The van der Waals surface area contributed by atoms with Crippen molar-refractivity contribution in [2.75, 3.05) is 0 Å². The van der Waals surface area contributed by atoms with E-state index in [4.69, 9.17) is 24.1 Å². The Hall–Kier alpha value is -5.72. The minimum absolute atomic E-state index is 0.0408. The molecule has 0 saturated heterocycles. The van der Waals surface area contributed by atoms with Crippen LogP contribution in [0.2, 0.25) is 0 Å². The van der Waals surface area contributed by atoms with Crippen LogP contribution in [0.25, 0.3) is 78.4 Å². The van der Waals surface area contributed by atoms with Gasteiger partial charge in [0.1, 0.15) is 23.0 Å². The lowest BCUT2D eigenvalue weighted by atomic mass is 9.43. The van der Waals surface area contributed by atoms with Gasteiger partial charge in [0.2, 0.25) is 0 Å². The maximum Gasteiger partial charge on any atom is 0.164 e. The SMILES string of the molecule is c1ccc(-c2nc(-c3ccc(-c4ccc5c(c4)oc4ccccc45)cc3)nc(-c3ccc4c(c3)C3(c5c-4ccc4c5OC5CCCCC5S4)C4CC5CC(C4)CC3C5)n2)cc1. The number of rotatable bonds is 4. The average molecular weight is 812 g/mol. The lowest BCUT2D eigenvalue weighted by Gasteiger charge is -2.61. The number of benzene rings is 6. The van der Waals surface area contributed by atoms with Crippen LogP contribution in [-0.4, -0.2) is 26.3 Å². The number of ether oxygens (including phenoxy) is 1. The van der Waals surface area contributed by atoms with Crippen molar-refractivity contribution in [3.8, 4) is 62.2 Å². The molecule has 6 aliphatic carbocycles. The molecule has 2 aromatic heterocycles. The fraction of sp³-hybridized carbons (Fsp3) is 0.291. The van der Waals surface area contributed by atoms with Crippen molar-refractivity contribution >= 4 is 33.7 Å². The van der Waals surface area contributed by atoms with Crippen LogP contribution in [-0.2, 0) is 5.41 Å². The summed E-state index contributed by atoms with van der Waals surface area (Å²) < 4.78 is 13.5. The van der Waals surface area contributed by atoms with Gasteiger partial charge in [-0.2, -0.15) is 0 Å². The minimum Gasteiger partial charge on any atom is -0.488 e. The molecule has 1 aliphatic heterocycles. The number of aromatic nitrogens is 3. The van der Waals surface area contributed by atoms with E-state index in [0.29, 0.717) is 34.8 Å². The Balaban J connectivity index is 0.894. The van der Waals surface area contributed by atoms with Crippen molar-refractivity contribution in [1.82, 2.24) is 15.0 Å². The van der Waals surface area contributed by atoms with Crippen LogP contribution in [0.5, 0.6) is 5.75 Å². The number of furan rings is 1. The molecule has 4 bridgehead atoms. The molecule has 61 heavy (non-hydrogen) atoms. The summed E-state index contributed by atoms with van der Waals surface area (Å²) in [6, 6.07) is 45.8. The zero-order valence-corrected chi connectivity index (χ0v) is 34.8. The van der Waals surface area contributed by atoms with Gasteiger partial charge < -0.3 is 9.15 Å². The first kappa shape index (κ1) is 34.9. The molecule has 5 saturated carbocycles. The van der Waals surface area contributed by atoms with Gasteiger partial charge in [0.25, 0.3) is 0 Å². The van der Waals surface area contributed by atoms with E-state index in [-0.39, 0.29) is 5.41 Å². The lowest BCUT2D eigenvalue weighted by molar-refractivity contribution is -0.0415. The lowest BCUT2D eigenvalue weighted by Crippen LogP contribution is -2.55. The minimum atomic E-state index is -0.0408. The summed E-state index contributed by atoms with van der Waals surface area (Å²) in [5.41, 5.74) is 12.8. The second-order valence-corrected chi connectivity index (χ2v) is 20.2. The summed E-state index contributed by atoms with van der Waals surface area (Å²) in [5, 5.41) is 2.85. The van der Waals surface area contributed by atoms with Gasteiger partial charge in [-0.25, -0.2) is 15.0 Å². The molecule has 0 radical (unpaired) electrons.